The summed E-state index contributed by atoms with van der Waals surface area (Å²) >= 11 is 0. The molecule has 0 saturated heterocycles. The molecule has 2 atom stereocenters. The SMILES string of the molecule is CCNC(c1ccoc1CC)C(C)c1ccccn1. The first-order chi connectivity index (χ1) is 9.27. The average Bonchev–Trinajstić information content (AvgIpc) is 2.93. The van der Waals surface area contributed by atoms with Gasteiger partial charge < -0.3 is 9.73 Å². The number of pyridine rings is 1. The van der Waals surface area contributed by atoms with Crippen molar-refractivity contribution in [3.05, 3.63) is 53.7 Å². The fourth-order valence-electron chi connectivity index (χ4n) is 2.51. The number of nitrogens with one attached hydrogen (secondary N) is 1. The van der Waals surface area contributed by atoms with E-state index in [0.29, 0.717) is 5.92 Å². The van der Waals surface area contributed by atoms with Gasteiger partial charge in [0.1, 0.15) is 5.76 Å². The largest absolute Gasteiger partial charge is 0.469 e. The minimum atomic E-state index is 0.244. The summed E-state index contributed by atoms with van der Waals surface area (Å²) in [6, 6.07) is 8.39. The van der Waals surface area contributed by atoms with Gasteiger partial charge in [0.2, 0.25) is 0 Å². The van der Waals surface area contributed by atoms with Crippen LogP contribution in [0.5, 0.6) is 0 Å². The molecule has 3 nitrogen and oxygen atoms in total. The Kier molecular flexibility index (Phi) is 4.74. The Morgan fingerprint density at radius 1 is 1.26 bits per heavy atom. The first kappa shape index (κ1) is 13.8. The number of aromatic nitrogens is 1. The highest BCUT2D eigenvalue weighted by atomic mass is 16.3. The van der Waals surface area contributed by atoms with Crippen molar-refractivity contribution in [3.8, 4) is 0 Å². The van der Waals surface area contributed by atoms with Crippen molar-refractivity contribution in [3.63, 3.8) is 0 Å². The second-order valence-electron chi connectivity index (χ2n) is 4.73. The predicted molar refractivity (Wildman–Crippen MR) is 77.2 cm³/mol. The quantitative estimate of drug-likeness (QED) is 0.858. The lowest BCUT2D eigenvalue weighted by Gasteiger charge is -2.24. The maximum absolute atomic E-state index is 5.57. The second kappa shape index (κ2) is 6.53. The Balaban J connectivity index is 2.30. The van der Waals surface area contributed by atoms with Crippen LogP contribution in [-0.4, -0.2) is 11.5 Å². The van der Waals surface area contributed by atoms with Crippen molar-refractivity contribution in [2.24, 2.45) is 0 Å². The summed E-state index contributed by atoms with van der Waals surface area (Å²) in [7, 11) is 0. The zero-order valence-corrected chi connectivity index (χ0v) is 11.9. The highest BCUT2D eigenvalue weighted by Gasteiger charge is 2.24. The van der Waals surface area contributed by atoms with Crippen molar-refractivity contribution < 1.29 is 4.42 Å². The summed E-state index contributed by atoms with van der Waals surface area (Å²) in [5.74, 6) is 1.37. The van der Waals surface area contributed by atoms with Gasteiger partial charge in [0.05, 0.1) is 6.26 Å². The molecule has 3 heteroatoms. The van der Waals surface area contributed by atoms with Crippen molar-refractivity contribution in [2.75, 3.05) is 6.54 Å². The fourth-order valence-corrected chi connectivity index (χ4v) is 2.51. The zero-order chi connectivity index (χ0) is 13.7. The van der Waals surface area contributed by atoms with Crippen molar-refractivity contribution in [1.82, 2.24) is 10.3 Å². The Labute approximate surface area is 115 Å². The molecule has 102 valence electrons. The molecular weight excluding hydrogens is 236 g/mol. The molecule has 0 saturated carbocycles. The van der Waals surface area contributed by atoms with E-state index in [9.17, 15) is 0 Å². The van der Waals surface area contributed by atoms with E-state index in [1.54, 1.807) is 6.26 Å². The Morgan fingerprint density at radius 2 is 2.11 bits per heavy atom. The first-order valence-electron chi connectivity index (χ1n) is 6.98. The van der Waals surface area contributed by atoms with Gasteiger partial charge in [0, 0.05) is 35.8 Å². The number of hydrogen-bond donors (Lipinski definition) is 1. The molecule has 2 aromatic heterocycles. The molecule has 0 amide bonds. The predicted octanol–water partition coefficient (Wildman–Crippen LogP) is 3.69. The molecule has 0 aliphatic carbocycles. The maximum Gasteiger partial charge on any atom is 0.108 e. The van der Waals surface area contributed by atoms with Gasteiger partial charge in [-0.05, 0) is 24.7 Å². The number of rotatable bonds is 6. The molecule has 19 heavy (non-hydrogen) atoms. The van der Waals surface area contributed by atoms with Gasteiger partial charge in [0.25, 0.3) is 0 Å². The lowest BCUT2D eigenvalue weighted by molar-refractivity contribution is 0.449. The molecule has 0 aliphatic rings. The minimum absolute atomic E-state index is 0.244. The van der Waals surface area contributed by atoms with Gasteiger partial charge in [-0.3, -0.25) is 4.98 Å². The fraction of sp³-hybridized carbons (Fsp3) is 0.438. The summed E-state index contributed by atoms with van der Waals surface area (Å²) < 4.78 is 5.57. The van der Waals surface area contributed by atoms with Crippen LogP contribution in [0.2, 0.25) is 0 Å². The number of furan rings is 1. The van der Waals surface area contributed by atoms with Crippen molar-refractivity contribution in [1.29, 1.82) is 0 Å². The average molecular weight is 258 g/mol. The molecular formula is C16H22N2O. The minimum Gasteiger partial charge on any atom is -0.469 e. The summed E-state index contributed by atoms with van der Waals surface area (Å²) in [6.07, 6.45) is 4.55. The van der Waals surface area contributed by atoms with E-state index in [2.05, 4.69) is 43.2 Å². The van der Waals surface area contributed by atoms with Gasteiger partial charge in [-0.1, -0.05) is 26.8 Å². The van der Waals surface area contributed by atoms with Gasteiger partial charge in [-0.2, -0.15) is 0 Å². The summed E-state index contributed by atoms with van der Waals surface area (Å²) in [5, 5.41) is 3.56. The normalized spacial score (nSPS) is 14.3. The molecule has 0 bridgehead atoms. The van der Waals surface area contributed by atoms with E-state index in [4.69, 9.17) is 4.42 Å². The van der Waals surface area contributed by atoms with Crippen molar-refractivity contribution >= 4 is 0 Å². The number of nitrogens with zero attached hydrogens (tertiary/aromatic N) is 1. The molecule has 1 N–H and O–H groups in total. The standard InChI is InChI=1S/C16H22N2O/c1-4-15-13(9-11-19-15)16(17-5-2)12(3)14-8-6-7-10-18-14/h6-12,16-17H,4-5H2,1-3H3. The Morgan fingerprint density at radius 3 is 2.74 bits per heavy atom. The van der Waals surface area contributed by atoms with Crippen LogP contribution in [0.1, 0.15) is 49.7 Å². The molecule has 0 fully saturated rings. The highest BCUT2D eigenvalue weighted by molar-refractivity contribution is 5.26. The monoisotopic (exact) mass is 258 g/mol. The van der Waals surface area contributed by atoms with Gasteiger partial charge in [-0.25, -0.2) is 0 Å². The number of likely N-dealkylation sites (N-methyl/N-ethyl adjacent to an activating group) is 1. The third kappa shape index (κ3) is 3.04. The molecule has 0 aliphatic heterocycles. The number of hydrogen-bond acceptors (Lipinski definition) is 3. The topological polar surface area (TPSA) is 38.1 Å². The van der Waals surface area contributed by atoms with Gasteiger partial charge >= 0.3 is 0 Å². The molecule has 2 rings (SSSR count). The van der Waals surface area contributed by atoms with E-state index >= 15 is 0 Å². The van der Waals surface area contributed by atoms with Gasteiger partial charge in [0.15, 0.2) is 0 Å². The van der Waals surface area contributed by atoms with Gasteiger partial charge in [-0.15, -0.1) is 0 Å². The van der Waals surface area contributed by atoms with Crippen LogP contribution in [0.15, 0.2) is 41.1 Å². The third-order valence-corrected chi connectivity index (χ3v) is 3.51. The molecule has 2 heterocycles. The van der Waals surface area contributed by atoms with E-state index < -0.39 is 0 Å². The van der Waals surface area contributed by atoms with Crippen LogP contribution in [0.4, 0.5) is 0 Å². The Hall–Kier alpha value is -1.61. The second-order valence-corrected chi connectivity index (χ2v) is 4.73. The Bertz CT molecular complexity index is 492. The highest BCUT2D eigenvalue weighted by Crippen LogP contribution is 2.32. The van der Waals surface area contributed by atoms with Crippen LogP contribution >= 0.6 is 0 Å². The maximum atomic E-state index is 5.57. The lowest BCUT2D eigenvalue weighted by Crippen LogP contribution is -2.26. The summed E-state index contributed by atoms with van der Waals surface area (Å²) in [5.41, 5.74) is 2.36. The summed E-state index contributed by atoms with van der Waals surface area (Å²) in [4.78, 5) is 4.48. The van der Waals surface area contributed by atoms with Crippen LogP contribution < -0.4 is 5.32 Å². The molecule has 0 spiro atoms. The van der Waals surface area contributed by atoms with Crippen molar-refractivity contribution in [2.45, 2.75) is 39.2 Å². The molecule has 0 aromatic carbocycles. The summed E-state index contributed by atoms with van der Waals surface area (Å²) in [6.45, 7) is 7.39. The van der Waals surface area contributed by atoms with E-state index in [-0.39, 0.29) is 6.04 Å². The van der Waals surface area contributed by atoms with E-state index in [0.717, 1.165) is 24.4 Å². The zero-order valence-electron chi connectivity index (χ0n) is 11.9. The number of aryl methyl sites for hydroxylation is 1. The first-order valence-corrected chi connectivity index (χ1v) is 6.98. The third-order valence-electron chi connectivity index (χ3n) is 3.51. The lowest BCUT2D eigenvalue weighted by atomic mass is 9.91. The van der Waals surface area contributed by atoms with Crippen LogP contribution in [-0.2, 0) is 6.42 Å². The molecule has 2 unspecified atom stereocenters. The van der Waals surface area contributed by atoms with Crippen LogP contribution in [0, 0.1) is 0 Å². The van der Waals surface area contributed by atoms with Crippen LogP contribution in [0.25, 0.3) is 0 Å². The van der Waals surface area contributed by atoms with Crippen LogP contribution in [0.3, 0.4) is 0 Å². The molecule has 2 aromatic rings. The van der Waals surface area contributed by atoms with E-state index in [1.165, 1.54) is 5.56 Å². The van der Waals surface area contributed by atoms with E-state index in [1.807, 2.05) is 18.3 Å². The smallest absolute Gasteiger partial charge is 0.108 e. The molecule has 0 radical (unpaired) electrons.